The van der Waals surface area contributed by atoms with Crippen molar-refractivity contribution in [2.75, 3.05) is 5.73 Å². The third-order valence-electron chi connectivity index (χ3n) is 1.88. The average Bonchev–Trinajstić information content (AvgIpc) is 2.22. The number of hydrogen-bond donors (Lipinski definition) is 1. The minimum absolute atomic E-state index is 0.493. The summed E-state index contributed by atoms with van der Waals surface area (Å²) in [6.07, 6.45) is 3.29. The van der Waals surface area contributed by atoms with Gasteiger partial charge in [-0.2, -0.15) is 0 Å². The number of nitrogens with zero attached hydrogens (tertiary/aromatic N) is 1. The van der Waals surface area contributed by atoms with Gasteiger partial charge in [-0.05, 0) is 40.2 Å². The molecule has 0 aliphatic rings. The van der Waals surface area contributed by atoms with Gasteiger partial charge in [-0.1, -0.05) is 11.6 Å². The summed E-state index contributed by atoms with van der Waals surface area (Å²) in [7, 11) is 0. The highest BCUT2D eigenvalue weighted by Gasteiger charge is 2.03. The molecular weight excluding hydrogens is 291 g/mol. The van der Waals surface area contributed by atoms with E-state index in [9.17, 15) is 0 Å². The van der Waals surface area contributed by atoms with Gasteiger partial charge in [-0.3, -0.25) is 4.98 Å². The summed E-state index contributed by atoms with van der Waals surface area (Å²) in [4.78, 5) is 3.99. The van der Waals surface area contributed by atoms with Crippen molar-refractivity contribution >= 4 is 33.2 Å². The second kappa shape index (κ2) is 4.72. The molecule has 1 aromatic heterocycles. The molecule has 0 spiro atoms. The SMILES string of the molecule is Nc1cc(Cl)ccc1Oc1cncc(Br)c1. The molecule has 3 nitrogen and oxygen atoms in total. The second-order valence-corrected chi connectivity index (χ2v) is 4.48. The van der Waals surface area contributed by atoms with Crippen LogP contribution in [0, 0.1) is 0 Å². The summed E-state index contributed by atoms with van der Waals surface area (Å²) in [6.45, 7) is 0. The number of aromatic nitrogens is 1. The third kappa shape index (κ3) is 2.65. The van der Waals surface area contributed by atoms with Gasteiger partial charge in [0.2, 0.25) is 0 Å². The minimum Gasteiger partial charge on any atom is -0.454 e. The molecule has 0 saturated heterocycles. The maximum atomic E-state index is 5.79. The van der Waals surface area contributed by atoms with Crippen LogP contribution in [0.25, 0.3) is 0 Å². The zero-order chi connectivity index (χ0) is 11.5. The van der Waals surface area contributed by atoms with Gasteiger partial charge >= 0.3 is 0 Å². The number of benzene rings is 1. The summed E-state index contributed by atoms with van der Waals surface area (Å²) >= 11 is 9.10. The molecular formula is C11H8BrClN2O. The van der Waals surface area contributed by atoms with E-state index in [4.69, 9.17) is 22.1 Å². The standard InChI is InChI=1S/C11H8BrClN2O/c12-7-3-9(6-15-5-7)16-11-2-1-8(13)4-10(11)14/h1-6H,14H2. The van der Waals surface area contributed by atoms with E-state index in [1.807, 2.05) is 0 Å². The summed E-state index contributed by atoms with van der Waals surface area (Å²) in [5.41, 5.74) is 6.26. The van der Waals surface area contributed by atoms with Crippen molar-refractivity contribution in [3.63, 3.8) is 0 Å². The van der Waals surface area contributed by atoms with Crippen LogP contribution in [0.2, 0.25) is 5.02 Å². The van der Waals surface area contributed by atoms with Crippen molar-refractivity contribution in [2.24, 2.45) is 0 Å². The first-order valence-corrected chi connectivity index (χ1v) is 5.65. The van der Waals surface area contributed by atoms with E-state index in [2.05, 4.69) is 20.9 Å². The van der Waals surface area contributed by atoms with Crippen LogP contribution in [0.15, 0.2) is 41.1 Å². The van der Waals surface area contributed by atoms with Gasteiger partial charge in [0, 0.05) is 15.7 Å². The molecule has 82 valence electrons. The summed E-state index contributed by atoms with van der Waals surface area (Å²) in [6, 6.07) is 6.89. The van der Waals surface area contributed by atoms with Gasteiger partial charge in [0.1, 0.15) is 11.5 Å². The second-order valence-electron chi connectivity index (χ2n) is 3.12. The van der Waals surface area contributed by atoms with Crippen molar-refractivity contribution in [1.29, 1.82) is 0 Å². The number of hydrogen-bond acceptors (Lipinski definition) is 3. The molecule has 1 heterocycles. The summed E-state index contributed by atoms with van der Waals surface area (Å²) < 4.78 is 6.41. The van der Waals surface area contributed by atoms with Crippen molar-refractivity contribution < 1.29 is 4.74 Å². The number of rotatable bonds is 2. The molecule has 0 saturated carbocycles. The molecule has 2 N–H and O–H groups in total. The van der Waals surface area contributed by atoms with Crippen molar-refractivity contribution in [3.8, 4) is 11.5 Å². The molecule has 0 amide bonds. The van der Waals surface area contributed by atoms with Crippen molar-refractivity contribution in [3.05, 3.63) is 46.2 Å². The lowest BCUT2D eigenvalue weighted by atomic mass is 10.3. The monoisotopic (exact) mass is 298 g/mol. The van der Waals surface area contributed by atoms with Crippen LogP contribution in [-0.4, -0.2) is 4.98 Å². The fraction of sp³-hybridized carbons (Fsp3) is 0. The highest BCUT2D eigenvalue weighted by atomic mass is 79.9. The first-order chi connectivity index (χ1) is 7.65. The van der Waals surface area contributed by atoms with Crippen molar-refractivity contribution in [2.45, 2.75) is 0 Å². The van der Waals surface area contributed by atoms with E-state index >= 15 is 0 Å². The van der Waals surface area contributed by atoms with E-state index in [0.29, 0.717) is 22.2 Å². The highest BCUT2D eigenvalue weighted by molar-refractivity contribution is 9.10. The Hall–Kier alpha value is -1.26. The molecule has 0 bridgehead atoms. The molecule has 2 rings (SSSR count). The maximum Gasteiger partial charge on any atom is 0.150 e. The predicted molar refractivity (Wildman–Crippen MR) is 67.9 cm³/mol. The topological polar surface area (TPSA) is 48.1 Å². The Balaban J connectivity index is 2.27. The van der Waals surface area contributed by atoms with E-state index in [0.717, 1.165) is 4.47 Å². The van der Waals surface area contributed by atoms with E-state index in [-0.39, 0.29) is 0 Å². The number of ether oxygens (including phenoxy) is 1. The van der Waals surface area contributed by atoms with Gasteiger partial charge < -0.3 is 10.5 Å². The summed E-state index contributed by atoms with van der Waals surface area (Å²) in [5.74, 6) is 1.17. The predicted octanol–water partition coefficient (Wildman–Crippen LogP) is 3.87. The Morgan fingerprint density at radius 3 is 2.75 bits per heavy atom. The first-order valence-electron chi connectivity index (χ1n) is 4.48. The van der Waals surface area contributed by atoms with Crippen LogP contribution in [0.5, 0.6) is 11.5 Å². The van der Waals surface area contributed by atoms with Crippen LogP contribution in [-0.2, 0) is 0 Å². The largest absolute Gasteiger partial charge is 0.454 e. The fourth-order valence-corrected chi connectivity index (χ4v) is 1.71. The Bertz CT molecular complexity index is 519. The molecule has 0 aliphatic carbocycles. The lowest BCUT2D eigenvalue weighted by molar-refractivity contribution is 0.482. The Labute approximate surface area is 106 Å². The molecule has 0 fully saturated rings. The van der Waals surface area contributed by atoms with Gasteiger partial charge in [-0.25, -0.2) is 0 Å². The van der Waals surface area contributed by atoms with Crippen LogP contribution in [0.4, 0.5) is 5.69 Å². The maximum absolute atomic E-state index is 5.79. The number of anilines is 1. The highest BCUT2D eigenvalue weighted by Crippen LogP contribution is 2.30. The van der Waals surface area contributed by atoms with E-state index < -0.39 is 0 Å². The van der Waals surface area contributed by atoms with Gasteiger partial charge in [0.05, 0.1) is 11.9 Å². The third-order valence-corrected chi connectivity index (χ3v) is 2.55. The van der Waals surface area contributed by atoms with Gasteiger partial charge in [0.25, 0.3) is 0 Å². The van der Waals surface area contributed by atoms with Crippen molar-refractivity contribution in [1.82, 2.24) is 4.98 Å². The van der Waals surface area contributed by atoms with E-state index in [1.165, 1.54) is 0 Å². The van der Waals surface area contributed by atoms with Crippen LogP contribution in [0.3, 0.4) is 0 Å². The average molecular weight is 300 g/mol. The molecule has 16 heavy (non-hydrogen) atoms. The molecule has 0 radical (unpaired) electrons. The zero-order valence-electron chi connectivity index (χ0n) is 8.15. The zero-order valence-corrected chi connectivity index (χ0v) is 10.5. The quantitative estimate of drug-likeness (QED) is 0.856. The van der Waals surface area contributed by atoms with Crippen LogP contribution in [0.1, 0.15) is 0 Å². The van der Waals surface area contributed by atoms with Crippen LogP contribution >= 0.6 is 27.5 Å². The van der Waals surface area contributed by atoms with Gasteiger partial charge in [-0.15, -0.1) is 0 Å². The lowest BCUT2D eigenvalue weighted by Crippen LogP contribution is -1.92. The summed E-state index contributed by atoms with van der Waals surface area (Å²) in [5, 5.41) is 0.581. The van der Waals surface area contributed by atoms with Crippen LogP contribution < -0.4 is 10.5 Å². The molecule has 0 atom stereocenters. The Kier molecular flexibility index (Phi) is 3.31. The first kappa shape index (κ1) is 11.2. The fourth-order valence-electron chi connectivity index (χ4n) is 1.19. The molecule has 2 aromatic rings. The number of nitrogens with two attached hydrogens (primary N) is 1. The number of pyridine rings is 1. The lowest BCUT2D eigenvalue weighted by Gasteiger charge is -2.08. The Morgan fingerprint density at radius 1 is 1.25 bits per heavy atom. The smallest absolute Gasteiger partial charge is 0.150 e. The molecule has 0 unspecified atom stereocenters. The number of nitrogen functional groups attached to an aromatic ring is 1. The minimum atomic E-state index is 0.493. The van der Waals surface area contributed by atoms with Gasteiger partial charge in [0.15, 0.2) is 0 Å². The Morgan fingerprint density at radius 2 is 2.06 bits per heavy atom. The normalized spacial score (nSPS) is 10.1. The molecule has 0 aliphatic heterocycles. The number of halogens is 2. The molecule has 5 heteroatoms. The molecule has 1 aromatic carbocycles. The van der Waals surface area contributed by atoms with E-state index in [1.54, 1.807) is 36.7 Å².